The average Bonchev–Trinajstić information content (AvgIpc) is 2.46. The molecule has 5 heteroatoms. The predicted octanol–water partition coefficient (Wildman–Crippen LogP) is 3.11. The van der Waals surface area contributed by atoms with Crippen LogP contribution in [-0.4, -0.2) is 41.8 Å². The molecule has 21 heavy (non-hydrogen) atoms. The topological polar surface area (TPSA) is 51.7 Å². The lowest BCUT2D eigenvalue weighted by Gasteiger charge is -2.29. The largest absolute Gasteiger partial charge is 0.497 e. The second kappa shape index (κ2) is 6.16. The van der Waals surface area contributed by atoms with Gasteiger partial charge in [-0.15, -0.1) is 0 Å². The molecule has 1 amide bonds. The van der Waals surface area contributed by atoms with Gasteiger partial charge in [0.15, 0.2) is 0 Å². The van der Waals surface area contributed by atoms with Crippen LogP contribution < -0.4 is 4.74 Å². The first-order valence-corrected chi connectivity index (χ1v) is 7.06. The molecule has 5 nitrogen and oxygen atoms in total. The average molecular weight is 290 g/mol. The summed E-state index contributed by atoms with van der Waals surface area (Å²) in [4.78, 5) is 18.1. The summed E-state index contributed by atoms with van der Waals surface area (Å²) in [7, 11) is 1.64. The number of methoxy groups -OCH3 is 1. The number of pyridine rings is 1. The number of nitrogens with zero attached hydrogens (tertiary/aromatic N) is 2. The summed E-state index contributed by atoms with van der Waals surface area (Å²) in [5, 5.41) is 0. The van der Waals surface area contributed by atoms with E-state index in [1.54, 1.807) is 18.2 Å². The highest BCUT2D eigenvalue weighted by molar-refractivity contribution is 5.72. The predicted molar refractivity (Wildman–Crippen MR) is 81.2 cm³/mol. The smallest absolute Gasteiger partial charge is 0.410 e. The van der Waals surface area contributed by atoms with Gasteiger partial charge >= 0.3 is 6.09 Å². The van der Waals surface area contributed by atoms with Gasteiger partial charge in [-0.1, -0.05) is 6.08 Å². The van der Waals surface area contributed by atoms with Crippen LogP contribution in [0.1, 0.15) is 32.9 Å². The minimum Gasteiger partial charge on any atom is -0.497 e. The summed E-state index contributed by atoms with van der Waals surface area (Å²) in [6.07, 6.45) is 4.25. The summed E-state index contributed by atoms with van der Waals surface area (Å²) in [5.74, 6) is 0.787. The molecule has 0 saturated heterocycles. The fraction of sp³-hybridized carbons (Fsp3) is 0.500. The Morgan fingerprint density at radius 3 is 2.71 bits per heavy atom. The highest BCUT2D eigenvalue weighted by atomic mass is 16.6. The lowest BCUT2D eigenvalue weighted by Crippen LogP contribution is -2.39. The van der Waals surface area contributed by atoms with Gasteiger partial charge in [0.2, 0.25) is 0 Å². The zero-order valence-electron chi connectivity index (χ0n) is 13.0. The van der Waals surface area contributed by atoms with Crippen LogP contribution in [0.5, 0.6) is 5.75 Å². The highest BCUT2D eigenvalue weighted by Gasteiger charge is 2.24. The SMILES string of the molecule is COc1ccnc(C2=CCN(C(=O)OC(C)(C)C)CC2)c1. The maximum atomic E-state index is 12.0. The number of carbonyl (C=O) groups is 1. The van der Waals surface area contributed by atoms with Gasteiger partial charge in [0.05, 0.1) is 12.8 Å². The van der Waals surface area contributed by atoms with Crippen molar-refractivity contribution in [2.75, 3.05) is 20.2 Å². The van der Waals surface area contributed by atoms with Crippen LogP contribution in [0.4, 0.5) is 4.79 Å². The number of rotatable bonds is 2. The Balaban J connectivity index is 2.03. The lowest BCUT2D eigenvalue weighted by atomic mass is 10.0. The van der Waals surface area contributed by atoms with Crippen molar-refractivity contribution < 1.29 is 14.3 Å². The van der Waals surface area contributed by atoms with Crippen LogP contribution in [0, 0.1) is 0 Å². The number of hydrogen-bond acceptors (Lipinski definition) is 4. The summed E-state index contributed by atoms with van der Waals surface area (Å²) < 4.78 is 10.6. The summed E-state index contributed by atoms with van der Waals surface area (Å²) in [5.41, 5.74) is 1.57. The van der Waals surface area contributed by atoms with E-state index in [-0.39, 0.29) is 6.09 Å². The van der Waals surface area contributed by atoms with Gasteiger partial charge in [0.1, 0.15) is 11.4 Å². The normalized spacial score (nSPS) is 15.4. The van der Waals surface area contributed by atoms with E-state index in [0.717, 1.165) is 23.4 Å². The minimum atomic E-state index is -0.463. The molecule has 0 spiro atoms. The molecule has 0 atom stereocenters. The van der Waals surface area contributed by atoms with Gasteiger partial charge in [-0.25, -0.2) is 4.79 Å². The molecule has 0 unspecified atom stereocenters. The van der Waals surface area contributed by atoms with Crippen molar-refractivity contribution >= 4 is 11.7 Å². The molecule has 1 aromatic rings. The molecule has 0 aliphatic carbocycles. The third-order valence-electron chi connectivity index (χ3n) is 3.16. The highest BCUT2D eigenvalue weighted by Crippen LogP contribution is 2.24. The van der Waals surface area contributed by atoms with Crippen LogP contribution in [0.25, 0.3) is 5.57 Å². The van der Waals surface area contributed by atoms with Gasteiger partial charge in [0, 0.05) is 25.4 Å². The number of carbonyl (C=O) groups excluding carboxylic acids is 1. The van der Waals surface area contributed by atoms with Crippen LogP contribution in [-0.2, 0) is 4.74 Å². The molecule has 1 aromatic heterocycles. The van der Waals surface area contributed by atoms with E-state index in [1.165, 1.54) is 0 Å². The third kappa shape index (κ3) is 4.21. The Kier molecular flexibility index (Phi) is 4.50. The Hall–Kier alpha value is -2.04. The molecule has 0 radical (unpaired) electrons. The van der Waals surface area contributed by atoms with Crippen molar-refractivity contribution in [1.29, 1.82) is 0 Å². The quantitative estimate of drug-likeness (QED) is 0.839. The van der Waals surface area contributed by atoms with Crippen molar-refractivity contribution in [2.24, 2.45) is 0 Å². The first kappa shape index (κ1) is 15.4. The molecule has 0 bridgehead atoms. The summed E-state index contributed by atoms with van der Waals surface area (Å²) >= 11 is 0. The minimum absolute atomic E-state index is 0.267. The zero-order chi connectivity index (χ0) is 15.5. The van der Waals surface area contributed by atoms with Crippen molar-refractivity contribution in [3.8, 4) is 5.75 Å². The molecule has 1 aliphatic heterocycles. The van der Waals surface area contributed by atoms with E-state index in [2.05, 4.69) is 4.98 Å². The molecule has 0 fully saturated rings. The number of amides is 1. The second-order valence-corrected chi connectivity index (χ2v) is 5.99. The Bertz CT molecular complexity index is 547. The Morgan fingerprint density at radius 2 is 2.14 bits per heavy atom. The van der Waals surface area contributed by atoms with Gasteiger partial charge < -0.3 is 14.4 Å². The van der Waals surface area contributed by atoms with Crippen molar-refractivity contribution in [3.63, 3.8) is 0 Å². The first-order valence-electron chi connectivity index (χ1n) is 7.06. The number of hydrogen-bond donors (Lipinski definition) is 0. The molecule has 114 valence electrons. The second-order valence-electron chi connectivity index (χ2n) is 5.99. The molecule has 0 N–H and O–H groups in total. The molecule has 1 aliphatic rings. The van der Waals surface area contributed by atoms with E-state index in [1.807, 2.05) is 39.0 Å². The van der Waals surface area contributed by atoms with E-state index in [4.69, 9.17) is 9.47 Å². The van der Waals surface area contributed by atoms with E-state index in [0.29, 0.717) is 13.1 Å². The van der Waals surface area contributed by atoms with Crippen LogP contribution in [0.3, 0.4) is 0 Å². The van der Waals surface area contributed by atoms with Crippen LogP contribution in [0.15, 0.2) is 24.4 Å². The Morgan fingerprint density at radius 1 is 1.38 bits per heavy atom. The Labute approximate surface area is 125 Å². The third-order valence-corrected chi connectivity index (χ3v) is 3.16. The van der Waals surface area contributed by atoms with Gasteiger partial charge in [-0.05, 0) is 38.8 Å². The standard InChI is InChI=1S/C16H22N2O3/c1-16(2,3)21-15(19)18-9-6-12(7-10-18)14-11-13(20-4)5-8-17-14/h5-6,8,11H,7,9-10H2,1-4H3. The molecule has 0 aromatic carbocycles. The van der Waals surface area contributed by atoms with Crippen molar-refractivity contribution in [1.82, 2.24) is 9.88 Å². The van der Waals surface area contributed by atoms with Gasteiger partial charge in [0.25, 0.3) is 0 Å². The molecule has 0 saturated carbocycles. The fourth-order valence-corrected chi connectivity index (χ4v) is 2.11. The zero-order valence-corrected chi connectivity index (χ0v) is 13.0. The summed E-state index contributed by atoms with van der Waals surface area (Å²) in [6.45, 7) is 6.80. The van der Waals surface area contributed by atoms with E-state index < -0.39 is 5.60 Å². The lowest BCUT2D eigenvalue weighted by molar-refractivity contribution is 0.0270. The van der Waals surface area contributed by atoms with Crippen LogP contribution >= 0.6 is 0 Å². The van der Waals surface area contributed by atoms with Crippen molar-refractivity contribution in [3.05, 3.63) is 30.1 Å². The first-order chi connectivity index (χ1) is 9.89. The monoisotopic (exact) mass is 290 g/mol. The molecular formula is C16H22N2O3. The maximum Gasteiger partial charge on any atom is 0.410 e. The van der Waals surface area contributed by atoms with Crippen LogP contribution in [0.2, 0.25) is 0 Å². The molecular weight excluding hydrogens is 268 g/mol. The number of ether oxygens (including phenoxy) is 2. The van der Waals surface area contributed by atoms with Crippen molar-refractivity contribution in [2.45, 2.75) is 32.8 Å². The van der Waals surface area contributed by atoms with Gasteiger partial charge in [-0.3, -0.25) is 4.98 Å². The van der Waals surface area contributed by atoms with E-state index >= 15 is 0 Å². The van der Waals surface area contributed by atoms with Gasteiger partial charge in [-0.2, -0.15) is 0 Å². The molecule has 2 heterocycles. The summed E-state index contributed by atoms with van der Waals surface area (Å²) in [6, 6.07) is 3.73. The maximum absolute atomic E-state index is 12.0. The number of aromatic nitrogens is 1. The fourth-order valence-electron chi connectivity index (χ4n) is 2.11. The molecule has 2 rings (SSSR count). The van der Waals surface area contributed by atoms with E-state index in [9.17, 15) is 4.79 Å².